The van der Waals surface area contributed by atoms with Gasteiger partial charge in [-0.15, -0.1) is 0 Å². The van der Waals surface area contributed by atoms with Crippen LogP contribution in [-0.4, -0.2) is 42.8 Å². The van der Waals surface area contributed by atoms with Crippen LogP contribution in [0.2, 0.25) is 0 Å². The molecule has 1 rings (SSSR count). The summed E-state index contributed by atoms with van der Waals surface area (Å²) in [7, 11) is 0. The van der Waals surface area contributed by atoms with Crippen molar-refractivity contribution in [3.63, 3.8) is 0 Å². The molecule has 0 bridgehead atoms. The molecule has 2 unspecified atom stereocenters. The fourth-order valence-electron chi connectivity index (χ4n) is 2.20. The minimum absolute atomic E-state index is 0.106. The number of nitrogens with one attached hydrogen (secondary N) is 1. The molecule has 1 fully saturated rings. The number of aliphatic hydroxyl groups is 1. The second-order valence-corrected chi connectivity index (χ2v) is 4.71. The third-order valence-corrected chi connectivity index (χ3v) is 3.17. The van der Waals surface area contributed by atoms with Crippen molar-refractivity contribution in [1.82, 2.24) is 5.32 Å². The zero-order chi connectivity index (χ0) is 13.6. The highest BCUT2D eigenvalue weighted by Crippen LogP contribution is 2.26. The van der Waals surface area contributed by atoms with E-state index < -0.39 is 19.1 Å². The van der Waals surface area contributed by atoms with E-state index in [0.717, 1.165) is 19.3 Å². The maximum absolute atomic E-state index is 12.9. The van der Waals surface area contributed by atoms with Gasteiger partial charge >= 0.3 is 5.97 Å². The number of rotatable bonds is 6. The number of esters is 1. The quantitative estimate of drug-likeness (QED) is 0.711. The van der Waals surface area contributed by atoms with E-state index in [4.69, 9.17) is 9.84 Å². The maximum Gasteiger partial charge on any atom is 0.308 e. The molecule has 106 valence electrons. The molecule has 0 aromatic heterocycles. The number of carbonyl (C=O) groups excluding carboxylic acids is 1. The largest absolute Gasteiger partial charge is 0.466 e. The van der Waals surface area contributed by atoms with Gasteiger partial charge in [0.25, 0.3) is 5.92 Å². The van der Waals surface area contributed by atoms with E-state index in [1.807, 2.05) is 0 Å². The van der Waals surface area contributed by atoms with E-state index in [2.05, 4.69) is 5.32 Å². The molecule has 1 aliphatic carbocycles. The molecule has 0 aromatic rings. The van der Waals surface area contributed by atoms with Crippen LogP contribution in [-0.2, 0) is 9.53 Å². The molecule has 0 spiro atoms. The van der Waals surface area contributed by atoms with Crippen LogP contribution < -0.4 is 5.32 Å². The molecule has 0 aromatic carbocycles. The SMILES string of the molecule is CCOC(=O)C1CCCC(NCC(F)(F)CO)C1. The average Bonchev–Trinajstić information content (AvgIpc) is 2.37. The van der Waals surface area contributed by atoms with E-state index >= 15 is 0 Å². The number of halogens is 2. The summed E-state index contributed by atoms with van der Waals surface area (Å²) in [5, 5.41) is 11.2. The summed E-state index contributed by atoms with van der Waals surface area (Å²) < 4.78 is 30.7. The van der Waals surface area contributed by atoms with Gasteiger partial charge in [0, 0.05) is 6.04 Å². The zero-order valence-corrected chi connectivity index (χ0v) is 10.6. The van der Waals surface area contributed by atoms with E-state index in [1.54, 1.807) is 6.92 Å². The van der Waals surface area contributed by atoms with Gasteiger partial charge in [-0.25, -0.2) is 8.78 Å². The van der Waals surface area contributed by atoms with Crippen molar-refractivity contribution in [3.05, 3.63) is 0 Å². The molecule has 2 N–H and O–H groups in total. The Morgan fingerprint density at radius 3 is 2.83 bits per heavy atom. The highest BCUT2D eigenvalue weighted by Gasteiger charge is 2.32. The van der Waals surface area contributed by atoms with Crippen molar-refractivity contribution in [2.45, 2.75) is 44.6 Å². The van der Waals surface area contributed by atoms with Gasteiger partial charge in [-0.3, -0.25) is 4.79 Å². The fourth-order valence-corrected chi connectivity index (χ4v) is 2.20. The molecule has 0 radical (unpaired) electrons. The molecule has 1 aliphatic rings. The molecule has 1 saturated carbocycles. The second kappa shape index (κ2) is 6.99. The molecular weight excluding hydrogens is 244 g/mol. The lowest BCUT2D eigenvalue weighted by atomic mass is 9.85. The van der Waals surface area contributed by atoms with Gasteiger partial charge in [-0.05, 0) is 26.2 Å². The first-order valence-corrected chi connectivity index (χ1v) is 6.37. The van der Waals surface area contributed by atoms with Crippen molar-refractivity contribution in [1.29, 1.82) is 0 Å². The Morgan fingerprint density at radius 1 is 1.50 bits per heavy atom. The summed E-state index contributed by atoms with van der Waals surface area (Å²) in [4.78, 5) is 11.6. The summed E-state index contributed by atoms with van der Waals surface area (Å²) in [5.74, 6) is -3.53. The fraction of sp³-hybridized carbons (Fsp3) is 0.917. The first-order valence-electron chi connectivity index (χ1n) is 6.37. The number of ether oxygens (including phenoxy) is 1. The molecule has 4 nitrogen and oxygen atoms in total. The van der Waals surface area contributed by atoms with Crippen LogP contribution in [0.4, 0.5) is 8.78 Å². The lowest BCUT2D eigenvalue weighted by molar-refractivity contribution is -0.149. The van der Waals surface area contributed by atoms with Gasteiger partial charge in [0.1, 0.15) is 6.61 Å². The molecule has 0 heterocycles. The van der Waals surface area contributed by atoms with Crippen LogP contribution in [0, 0.1) is 5.92 Å². The number of hydrogen-bond donors (Lipinski definition) is 2. The van der Waals surface area contributed by atoms with Gasteiger partial charge in [0.15, 0.2) is 0 Å². The summed E-state index contributed by atoms with van der Waals surface area (Å²) in [6.45, 7) is 0.381. The molecule has 0 amide bonds. The van der Waals surface area contributed by atoms with Crippen LogP contribution in [0.3, 0.4) is 0 Å². The minimum Gasteiger partial charge on any atom is -0.466 e. The summed E-state index contributed by atoms with van der Waals surface area (Å²) >= 11 is 0. The lowest BCUT2D eigenvalue weighted by Crippen LogP contribution is -2.44. The van der Waals surface area contributed by atoms with E-state index in [0.29, 0.717) is 13.0 Å². The van der Waals surface area contributed by atoms with E-state index in [1.165, 1.54) is 0 Å². The summed E-state index contributed by atoms with van der Waals surface area (Å²) in [6, 6.07) is -0.106. The van der Waals surface area contributed by atoms with Crippen molar-refractivity contribution >= 4 is 5.97 Å². The first kappa shape index (κ1) is 15.3. The topological polar surface area (TPSA) is 58.6 Å². The second-order valence-electron chi connectivity index (χ2n) is 4.71. The van der Waals surface area contributed by atoms with Gasteiger partial charge in [0.2, 0.25) is 0 Å². The maximum atomic E-state index is 12.9. The Bertz CT molecular complexity index is 274. The van der Waals surface area contributed by atoms with Crippen molar-refractivity contribution in [2.75, 3.05) is 19.8 Å². The Hall–Kier alpha value is -0.750. The third-order valence-electron chi connectivity index (χ3n) is 3.17. The van der Waals surface area contributed by atoms with Crippen LogP contribution in [0.25, 0.3) is 0 Å². The number of alkyl halides is 2. The highest BCUT2D eigenvalue weighted by atomic mass is 19.3. The third kappa shape index (κ3) is 4.86. The van der Waals surface area contributed by atoms with Crippen molar-refractivity contribution < 1.29 is 23.4 Å². The Balaban J connectivity index is 2.37. The smallest absolute Gasteiger partial charge is 0.308 e. The summed E-state index contributed by atoms with van der Waals surface area (Å²) in [6.07, 6.45) is 2.89. The molecule has 6 heteroatoms. The number of carbonyl (C=O) groups is 1. The summed E-state index contributed by atoms with van der Waals surface area (Å²) in [5.41, 5.74) is 0. The molecule has 0 aliphatic heterocycles. The van der Waals surface area contributed by atoms with Crippen LogP contribution in [0.5, 0.6) is 0 Å². The monoisotopic (exact) mass is 265 g/mol. The van der Waals surface area contributed by atoms with Crippen molar-refractivity contribution in [2.24, 2.45) is 5.92 Å². The van der Waals surface area contributed by atoms with Gasteiger partial charge in [-0.1, -0.05) is 6.42 Å². The number of hydrogen-bond acceptors (Lipinski definition) is 4. The molecule has 0 saturated heterocycles. The lowest BCUT2D eigenvalue weighted by Gasteiger charge is -2.29. The predicted octanol–water partition coefficient (Wildman–Crippen LogP) is 1.33. The van der Waals surface area contributed by atoms with Crippen LogP contribution in [0.15, 0.2) is 0 Å². The van der Waals surface area contributed by atoms with Gasteiger partial charge in [0.05, 0.1) is 19.1 Å². The van der Waals surface area contributed by atoms with Crippen LogP contribution in [0.1, 0.15) is 32.6 Å². The van der Waals surface area contributed by atoms with Crippen molar-refractivity contribution in [3.8, 4) is 0 Å². The molecule has 2 atom stereocenters. The molecule has 18 heavy (non-hydrogen) atoms. The average molecular weight is 265 g/mol. The van der Waals surface area contributed by atoms with Crippen LogP contribution >= 0.6 is 0 Å². The molecular formula is C12H21F2NO3. The Kier molecular flexibility index (Phi) is 5.95. The Morgan fingerprint density at radius 2 is 2.22 bits per heavy atom. The highest BCUT2D eigenvalue weighted by molar-refractivity contribution is 5.72. The van der Waals surface area contributed by atoms with E-state index in [-0.39, 0.29) is 17.9 Å². The predicted molar refractivity (Wildman–Crippen MR) is 62.4 cm³/mol. The van der Waals surface area contributed by atoms with Gasteiger partial charge in [-0.2, -0.15) is 0 Å². The van der Waals surface area contributed by atoms with E-state index in [9.17, 15) is 13.6 Å². The first-order chi connectivity index (χ1) is 8.48. The standard InChI is InChI=1S/C12H21F2NO3/c1-2-18-11(17)9-4-3-5-10(6-9)15-7-12(13,14)8-16/h9-10,15-16H,2-8H2,1H3. The minimum atomic E-state index is -3.10. The Labute approximate surface area is 106 Å². The normalized spacial score (nSPS) is 24.9. The van der Waals surface area contributed by atoms with Gasteiger partial charge < -0.3 is 15.2 Å². The number of aliphatic hydroxyl groups excluding tert-OH is 1. The zero-order valence-electron chi connectivity index (χ0n) is 10.6.